The van der Waals surface area contributed by atoms with E-state index < -0.39 is 8.07 Å². The number of hydrogen-bond acceptors (Lipinski definition) is 0. The largest absolute Gasteiger partial charge is 0.342 e. The molecule has 0 amide bonds. The van der Waals surface area contributed by atoms with Gasteiger partial charge in [0.15, 0.2) is 0 Å². The Balaban J connectivity index is 2.51. The van der Waals surface area contributed by atoms with Crippen LogP contribution in [-0.2, 0) is 0 Å². The van der Waals surface area contributed by atoms with Gasteiger partial charge in [-0.25, -0.2) is 0 Å². The SMILES string of the molecule is C=C1CCC[Si]([CH2-])(C)C1. The van der Waals surface area contributed by atoms with Crippen LogP contribution in [0.1, 0.15) is 12.8 Å². The van der Waals surface area contributed by atoms with Crippen molar-refractivity contribution in [3.8, 4) is 0 Å². The lowest BCUT2D eigenvalue weighted by molar-refractivity contribution is 0.849. The van der Waals surface area contributed by atoms with E-state index in [1.54, 1.807) is 0 Å². The summed E-state index contributed by atoms with van der Waals surface area (Å²) in [7, 11) is -1.00. The fourth-order valence-corrected chi connectivity index (χ4v) is 4.14. The summed E-state index contributed by atoms with van der Waals surface area (Å²) >= 11 is 0. The molecule has 0 saturated carbocycles. The first-order chi connectivity index (χ1) is 4.10. The summed E-state index contributed by atoms with van der Waals surface area (Å²) in [6.45, 7) is 10.6. The van der Waals surface area contributed by atoms with Crippen molar-refractivity contribution < 1.29 is 0 Å². The van der Waals surface area contributed by atoms with Crippen LogP contribution in [0.25, 0.3) is 0 Å². The average Bonchev–Trinajstić information content (AvgIpc) is 1.60. The zero-order valence-corrected chi connectivity index (χ0v) is 7.24. The van der Waals surface area contributed by atoms with Gasteiger partial charge in [-0.05, 0) is 6.42 Å². The smallest absolute Gasteiger partial charge is 0.0330 e. The standard InChI is InChI=1S/C8H15Si/c1-8-5-4-6-9(2,3)7-8/h1-2,4-7H2,3H3/q-1. The third-order valence-electron chi connectivity index (χ3n) is 1.99. The minimum Gasteiger partial charge on any atom is -0.342 e. The topological polar surface area (TPSA) is 0 Å². The monoisotopic (exact) mass is 139 g/mol. The molecule has 0 aromatic heterocycles. The quantitative estimate of drug-likeness (QED) is 0.275. The van der Waals surface area contributed by atoms with Crippen molar-refractivity contribution in [2.75, 3.05) is 0 Å². The second kappa shape index (κ2) is 2.29. The van der Waals surface area contributed by atoms with Crippen LogP contribution in [0.3, 0.4) is 0 Å². The van der Waals surface area contributed by atoms with E-state index in [0.29, 0.717) is 0 Å². The van der Waals surface area contributed by atoms with Gasteiger partial charge in [-0.3, -0.25) is 0 Å². The van der Waals surface area contributed by atoms with Crippen LogP contribution in [0.4, 0.5) is 0 Å². The molecule has 0 nitrogen and oxygen atoms in total. The maximum atomic E-state index is 4.26. The van der Waals surface area contributed by atoms with Crippen LogP contribution in [0, 0.1) is 6.55 Å². The van der Waals surface area contributed by atoms with E-state index in [1.165, 1.54) is 30.5 Å². The molecule has 0 aromatic carbocycles. The highest BCUT2D eigenvalue weighted by Crippen LogP contribution is 2.30. The second-order valence-corrected chi connectivity index (χ2v) is 8.07. The molecule has 0 radical (unpaired) electrons. The van der Waals surface area contributed by atoms with Crippen LogP contribution in [0.5, 0.6) is 0 Å². The van der Waals surface area contributed by atoms with Crippen molar-refractivity contribution >= 4 is 8.07 Å². The van der Waals surface area contributed by atoms with Gasteiger partial charge in [0.2, 0.25) is 0 Å². The molecule has 0 N–H and O–H groups in total. The Morgan fingerprint density at radius 3 is 2.67 bits per heavy atom. The van der Waals surface area contributed by atoms with E-state index in [0.717, 1.165) is 0 Å². The minimum atomic E-state index is -1.00. The predicted molar refractivity (Wildman–Crippen MR) is 45.0 cm³/mol. The van der Waals surface area contributed by atoms with E-state index in [1.807, 2.05) is 0 Å². The molecule has 1 atom stereocenters. The van der Waals surface area contributed by atoms with E-state index in [4.69, 9.17) is 0 Å². The van der Waals surface area contributed by atoms with Crippen molar-refractivity contribution in [1.29, 1.82) is 0 Å². The van der Waals surface area contributed by atoms with Gasteiger partial charge in [-0.15, -0.1) is 6.58 Å². The fraction of sp³-hybridized carbons (Fsp3) is 0.625. The Morgan fingerprint density at radius 2 is 2.33 bits per heavy atom. The fourth-order valence-electron chi connectivity index (χ4n) is 1.55. The zero-order valence-electron chi connectivity index (χ0n) is 6.24. The van der Waals surface area contributed by atoms with Gasteiger partial charge in [0.1, 0.15) is 0 Å². The lowest BCUT2D eigenvalue weighted by Crippen LogP contribution is -2.29. The van der Waals surface area contributed by atoms with Crippen LogP contribution >= 0.6 is 0 Å². The summed E-state index contributed by atoms with van der Waals surface area (Å²) in [6, 6.07) is 2.68. The van der Waals surface area contributed by atoms with Crippen LogP contribution in [0.15, 0.2) is 12.2 Å². The first-order valence-corrected chi connectivity index (χ1v) is 6.74. The van der Waals surface area contributed by atoms with Gasteiger partial charge in [0, 0.05) is 0 Å². The molecule has 0 aromatic rings. The highest BCUT2D eigenvalue weighted by molar-refractivity contribution is 6.81. The molecule has 1 unspecified atom stereocenters. The van der Waals surface area contributed by atoms with Gasteiger partial charge < -0.3 is 6.55 Å². The molecule has 0 bridgehead atoms. The van der Waals surface area contributed by atoms with E-state index in [9.17, 15) is 0 Å². The molecule has 1 heterocycles. The molecule has 0 spiro atoms. The van der Waals surface area contributed by atoms with Gasteiger partial charge in [-0.2, -0.15) is 0 Å². The van der Waals surface area contributed by atoms with Gasteiger partial charge in [0.05, 0.1) is 0 Å². The third kappa shape index (κ3) is 1.97. The lowest BCUT2D eigenvalue weighted by Gasteiger charge is -2.35. The van der Waals surface area contributed by atoms with Crippen molar-refractivity contribution in [2.24, 2.45) is 0 Å². The Kier molecular flexibility index (Phi) is 1.80. The molecule has 1 fully saturated rings. The lowest BCUT2D eigenvalue weighted by atomic mass is 10.2. The predicted octanol–water partition coefficient (Wildman–Crippen LogP) is 2.79. The van der Waals surface area contributed by atoms with Crippen molar-refractivity contribution in [2.45, 2.75) is 31.5 Å². The third-order valence-corrected chi connectivity index (χ3v) is 4.90. The van der Waals surface area contributed by atoms with E-state index in [2.05, 4.69) is 19.7 Å². The van der Waals surface area contributed by atoms with Crippen LogP contribution in [-0.4, -0.2) is 8.07 Å². The Morgan fingerprint density at radius 1 is 1.67 bits per heavy atom. The number of hydrogen-bond donors (Lipinski definition) is 0. The van der Waals surface area contributed by atoms with Crippen molar-refractivity contribution in [3.63, 3.8) is 0 Å². The Labute approximate surface area is 59.0 Å². The van der Waals surface area contributed by atoms with Crippen LogP contribution in [0.2, 0.25) is 18.6 Å². The maximum Gasteiger partial charge on any atom is -0.0330 e. The van der Waals surface area contributed by atoms with E-state index >= 15 is 0 Å². The van der Waals surface area contributed by atoms with Crippen molar-refractivity contribution in [3.05, 3.63) is 18.7 Å². The molecule has 1 aliphatic rings. The molecule has 9 heavy (non-hydrogen) atoms. The molecule has 52 valence electrons. The van der Waals surface area contributed by atoms with E-state index in [-0.39, 0.29) is 0 Å². The average molecular weight is 139 g/mol. The summed E-state index contributed by atoms with van der Waals surface area (Å²) in [5.41, 5.74) is 1.45. The number of rotatable bonds is 0. The zero-order chi connectivity index (χ0) is 6.91. The summed E-state index contributed by atoms with van der Waals surface area (Å²) in [6.07, 6.45) is 2.61. The van der Waals surface area contributed by atoms with Gasteiger partial charge in [0.25, 0.3) is 0 Å². The highest BCUT2D eigenvalue weighted by atomic mass is 28.3. The summed E-state index contributed by atoms with van der Waals surface area (Å²) in [4.78, 5) is 0. The normalized spacial score (nSPS) is 36.9. The van der Waals surface area contributed by atoms with Gasteiger partial charge in [-0.1, -0.05) is 38.7 Å². The van der Waals surface area contributed by atoms with Crippen molar-refractivity contribution in [1.82, 2.24) is 0 Å². The molecule has 1 heteroatoms. The maximum absolute atomic E-state index is 4.26. The number of allylic oxidation sites excluding steroid dienone is 1. The highest BCUT2D eigenvalue weighted by Gasteiger charge is 2.17. The first-order valence-electron chi connectivity index (χ1n) is 3.62. The Bertz CT molecular complexity index is 125. The molecule has 1 aliphatic heterocycles. The second-order valence-electron chi connectivity index (χ2n) is 3.59. The molecule has 0 aliphatic carbocycles. The summed E-state index contributed by atoms with van der Waals surface area (Å²) in [5.74, 6) is 0. The molecular weight excluding hydrogens is 124 g/mol. The molecular formula is C8H15Si-. The van der Waals surface area contributed by atoms with Crippen LogP contribution < -0.4 is 0 Å². The molecule has 1 rings (SSSR count). The summed E-state index contributed by atoms with van der Waals surface area (Å²) in [5, 5.41) is 0. The summed E-state index contributed by atoms with van der Waals surface area (Å²) < 4.78 is 0. The molecule has 1 saturated heterocycles. The minimum absolute atomic E-state index is 1.00. The Hall–Kier alpha value is -0.0431. The first kappa shape index (κ1) is 7.07. The van der Waals surface area contributed by atoms with Gasteiger partial charge >= 0.3 is 0 Å².